The van der Waals surface area contributed by atoms with Crippen LogP contribution in [0, 0.1) is 0 Å². The lowest BCUT2D eigenvalue weighted by atomic mass is 9.76. The molecule has 1 aliphatic carbocycles. The summed E-state index contributed by atoms with van der Waals surface area (Å²) in [5.41, 5.74) is 1.82. The molecule has 1 saturated carbocycles. The second-order valence-electron chi connectivity index (χ2n) is 5.34. The van der Waals surface area contributed by atoms with Crippen LogP contribution in [0.4, 0.5) is 8.78 Å². The van der Waals surface area contributed by atoms with Gasteiger partial charge >= 0.3 is 5.97 Å². The zero-order chi connectivity index (χ0) is 14.8. The molecule has 0 spiro atoms. The molecule has 1 unspecified atom stereocenters. The summed E-state index contributed by atoms with van der Waals surface area (Å²) >= 11 is 0. The van der Waals surface area contributed by atoms with Crippen LogP contribution in [0.5, 0.6) is 0 Å². The van der Waals surface area contributed by atoms with E-state index in [-0.39, 0.29) is 30.6 Å². The summed E-state index contributed by atoms with van der Waals surface area (Å²) in [5, 5.41) is 0. The van der Waals surface area contributed by atoms with Crippen LogP contribution in [-0.2, 0) is 9.53 Å². The predicted molar refractivity (Wildman–Crippen MR) is 73.0 cm³/mol. The van der Waals surface area contributed by atoms with Crippen molar-refractivity contribution in [3.05, 3.63) is 35.4 Å². The number of alkyl halides is 2. The molecule has 0 saturated heterocycles. The number of benzene rings is 1. The largest absolute Gasteiger partial charge is 0.466 e. The second kappa shape index (κ2) is 5.90. The second-order valence-corrected chi connectivity index (χ2v) is 5.34. The Bertz CT molecular complexity index is 460. The van der Waals surface area contributed by atoms with Gasteiger partial charge < -0.3 is 4.74 Å². The van der Waals surface area contributed by atoms with Gasteiger partial charge in [-0.25, -0.2) is 8.78 Å². The maximum absolute atomic E-state index is 12.9. The van der Waals surface area contributed by atoms with E-state index in [4.69, 9.17) is 4.74 Å². The van der Waals surface area contributed by atoms with E-state index in [9.17, 15) is 13.6 Å². The third-order valence-corrected chi connectivity index (χ3v) is 3.88. The van der Waals surface area contributed by atoms with Gasteiger partial charge in [0, 0.05) is 12.8 Å². The van der Waals surface area contributed by atoms with E-state index < -0.39 is 5.92 Å². The van der Waals surface area contributed by atoms with Gasteiger partial charge in [-0.05, 0) is 30.4 Å². The molecule has 0 radical (unpaired) electrons. The van der Waals surface area contributed by atoms with Gasteiger partial charge in [0.1, 0.15) is 0 Å². The highest BCUT2D eigenvalue weighted by Gasteiger charge is 2.45. The smallest absolute Gasteiger partial charge is 0.313 e. The lowest BCUT2D eigenvalue weighted by Crippen LogP contribution is -2.33. The first-order valence-electron chi connectivity index (χ1n) is 7.11. The zero-order valence-corrected chi connectivity index (χ0v) is 11.9. The van der Waals surface area contributed by atoms with Crippen molar-refractivity contribution in [3.8, 4) is 0 Å². The van der Waals surface area contributed by atoms with Gasteiger partial charge in [-0.1, -0.05) is 31.2 Å². The Hall–Kier alpha value is -1.45. The van der Waals surface area contributed by atoms with Crippen LogP contribution in [0.25, 0.3) is 0 Å². The van der Waals surface area contributed by atoms with Crippen LogP contribution in [-0.4, -0.2) is 18.5 Å². The van der Waals surface area contributed by atoms with Gasteiger partial charge in [0.05, 0.1) is 12.5 Å². The molecule has 1 atom stereocenters. The molecular formula is C16H20F2O2. The number of halogens is 2. The Morgan fingerprint density at radius 1 is 1.30 bits per heavy atom. The van der Waals surface area contributed by atoms with Gasteiger partial charge in [0.2, 0.25) is 5.92 Å². The summed E-state index contributed by atoms with van der Waals surface area (Å²) in [6, 6.07) is 7.43. The number of ether oxygens (including phenoxy) is 1. The topological polar surface area (TPSA) is 26.3 Å². The average Bonchev–Trinajstić information content (AvgIpc) is 2.38. The fourth-order valence-electron chi connectivity index (χ4n) is 2.68. The molecule has 20 heavy (non-hydrogen) atoms. The first kappa shape index (κ1) is 14.9. The van der Waals surface area contributed by atoms with Crippen molar-refractivity contribution < 1.29 is 18.3 Å². The minimum atomic E-state index is -2.50. The molecule has 2 rings (SSSR count). The van der Waals surface area contributed by atoms with E-state index in [2.05, 4.69) is 0 Å². The summed E-state index contributed by atoms with van der Waals surface area (Å²) in [6.45, 7) is 4.08. The zero-order valence-electron chi connectivity index (χ0n) is 11.9. The van der Waals surface area contributed by atoms with Crippen molar-refractivity contribution in [2.24, 2.45) is 0 Å². The Labute approximate surface area is 118 Å². The summed E-state index contributed by atoms with van der Waals surface area (Å²) in [7, 11) is 0. The van der Waals surface area contributed by atoms with Crippen LogP contribution in [0.1, 0.15) is 56.1 Å². The maximum Gasteiger partial charge on any atom is 0.313 e. The van der Waals surface area contributed by atoms with Crippen LogP contribution in [0.2, 0.25) is 0 Å². The highest BCUT2D eigenvalue weighted by molar-refractivity contribution is 5.78. The number of carbonyl (C=O) groups excluding carboxylic acids is 1. The Balaban J connectivity index is 2.05. The lowest BCUT2D eigenvalue weighted by Gasteiger charge is -2.35. The summed E-state index contributed by atoms with van der Waals surface area (Å²) in [5.74, 6) is -3.05. The molecule has 2 nitrogen and oxygen atoms in total. The highest BCUT2D eigenvalue weighted by atomic mass is 19.3. The molecular weight excluding hydrogens is 262 g/mol. The first-order chi connectivity index (χ1) is 9.46. The van der Waals surface area contributed by atoms with Gasteiger partial charge in [-0.2, -0.15) is 0 Å². The predicted octanol–water partition coefficient (Wildman–Crippen LogP) is 4.26. The van der Waals surface area contributed by atoms with Crippen molar-refractivity contribution in [2.75, 3.05) is 6.61 Å². The van der Waals surface area contributed by atoms with Gasteiger partial charge in [-0.3, -0.25) is 4.79 Å². The normalized spacial score (nSPS) is 19.2. The molecule has 1 aromatic rings. The third kappa shape index (κ3) is 3.17. The molecule has 0 aromatic heterocycles. The van der Waals surface area contributed by atoms with Crippen LogP contribution in [0.3, 0.4) is 0 Å². The van der Waals surface area contributed by atoms with Crippen molar-refractivity contribution in [1.29, 1.82) is 0 Å². The molecule has 0 aliphatic heterocycles. The SMILES string of the molecule is CCOC(=O)C(CC)c1ccc(C2CC(F)(F)C2)cc1. The molecule has 0 heterocycles. The molecule has 1 aliphatic rings. The average molecular weight is 282 g/mol. The lowest BCUT2D eigenvalue weighted by molar-refractivity contribution is -0.145. The summed E-state index contributed by atoms with van der Waals surface area (Å²) < 4.78 is 30.8. The van der Waals surface area contributed by atoms with Crippen molar-refractivity contribution in [2.45, 2.75) is 50.9 Å². The third-order valence-electron chi connectivity index (χ3n) is 3.88. The number of hydrogen-bond acceptors (Lipinski definition) is 2. The molecule has 4 heteroatoms. The van der Waals surface area contributed by atoms with Gasteiger partial charge in [-0.15, -0.1) is 0 Å². The summed E-state index contributed by atoms with van der Waals surface area (Å²) in [6.07, 6.45) is 0.530. The number of hydrogen-bond donors (Lipinski definition) is 0. The highest BCUT2D eigenvalue weighted by Crippen LogP contribution is 2.48. The minimum Gasteiger partial charge on any atom is -0.466 e. The Morgan fingerprint density at radius 2 is 1.90 bits per heavy atom. The van der Waals surface area contributed by atoms with E-state index in [1.807, 2.05) is 31.2 Å². The van der Waals surface area contributed by atoms with Crippen molar-refractivity contribution in [1.82, 2.24) is 0 Å². The number of esters is 1. The molecule has 0 N–H and O–H groups in total. The fraction of sp³-hybridized carbons (Fsp3) is 0.562. The monoisotopic (exact) mass is 282 g/mol. The van der Waals surface area contributed by atoms with Crippen molar-refractivity contribution >= 4 is 5.97 Å². The Morgan fingerprint density at radius 3 is 2.35 bits per heavy atom. The minimum absolute atomic E-state index is 0.0540. The van der Waals surface area contributed by atoms with Crippen LogP contribution in [0.15, 0.2) is 24.3 Å². The fourth-order valence-corrected chi connectivity index (χ4v) is 2.68. The maximum atomic E-state index is 12.9. The standard InChI is InChI=1S/C16H20F2O2/c1-3-14(15(19)20-4-2)12-7-5-11(6-8-12)13-9-16(17,18)10-13/h5-8,13-14H,3-4,9-10H2,1-2H3. The van der Waals surface area contributed by atoms with E-state index in [1.54, 1.807) is 6.92 Å². The number of carbonyl (C=O) groups is 1. The van der Waals surface area contributed by atoms with Gasteiger partial charge in [0.25, 0.3) is 0 Å². The van der Waals surface area contributed by atoms with Crippen LogP contribution < -0.4 is 0 Å². The first-order valence-corrected chi connectivity index (χ1v) is 7.11. The molecule has 0 bridgehead atoms. The molecule has 1 aromatic carbocycles. The van der Waals surface area contributed by atoms with E-state index in [0.29, 0.717) is 13.0 Å². The Kier molecular flexibility index (Phi) is 4.41. The van der Waals surface area contributed by atoms with E-state index >= 15 is 0 Å². The molecule has 110 valence electrons. The van der Waals surface area contributed by atoms with E-state index in [0.717, 1.165) is 11.1 Å². The van der Waals surface area contributed by atoms with Gasteiger partial charge in [0.15, 0.2) is 0 Å². The molecule has 1 fully saturated rings. The van der Waals surface area contributed by atoms with Crippen molar-refractivity contribution in [3.63, 3.8) is 0 Å². The van der Waals surface area contributed by atoms with E-state index in [1.165, 1.54) is 0 Å². The summed E-state index contributed by atoms with van der Waals surface area (Å²) in [4.78, 5) is 11.8. The number of rotatable bonds is 5. The quantitative estimate of drug-likeness (QED) is 0.754. The molecule has 0 amide bonds. The van der Waals surface area contributed by atoms with Crippen LogP contribution >= 0.6 is 0 Å².